The third-order valence-corrected chi connectivity index (χ3v) is 7.53. The highest BCUT2D eigenvalue weighted by Crippen LogP contribution is 2.26. The van der Waals surface area contributed by atoms with E-state index in [1.54, 1.807) is 20.8 Å². The standard InChI is InChI=1S/C19H26N4O5S/c1-5-22-17(24)18(25)23(19(22)26)12-20-6-8-21(9-7-20)29(27,28)16-14(3)10-13(2)11-15(16)4/h10-11H,5-9,12H2,1-4H3. The lowest BCUT2D eigenvalue weighted by molar-refractivity contribution is -0.143. The molecule has 158 valence electrons. The summed E-state index contributed by atoms with van der Waals surface area (Å²) in [5.74, 6) is -1.65. The number of carbonyl (C=O) groups excluding carboxylic acids is 3. The number of imide groups is 2. The molecule has 0 aliphatic carbocycles. The summed E-state index contributed by atoms with van der Waals surface area (Å²) in [7, 11) is -3.64. The fourth-order valence-electron chi connectivity index (χ4n) is 3.97. The van der Waals surface area contributed by atoms with E-state index in [0.29, 0.717) is 18.0 Å². The molecule has 29 heavy (non-hydrogen) atoms. The summed E-state index contributed by atoms with van der Waals surface area (Å²) >= 11 is 0. The minimum atomic E-state index is -3.64. The number of carbonyl (C=O) groups is 3. The van der Waals surface area contributed by atoms with E-state index in [-0.39, 0.29) is 26.3 Å². The van der Waals surface area contributed by atoms with Crippen molar-refractivity contribution in [2.75, 3.05) is 39.4 Å². The molecular weight excluding hydrogens is 396 g/mol. The number of piperazine rings is 1. The Morgan fingerprint density at radius 1 is 0.862 bits per heavy atom. The Hall–Kier alpha value is -2.30. The van der Waals surface area contributed by atoms with Crippen LogP contribution in [0.15, 0.2) is 17.0 Å². The summed E-state index contributed by atoms with van der Waals surface area (Å²) in [6.45, 7) is 8.49. The van der Waals surface area contributed by atoms with Gasteiger partial charge >= 0.3 is 17.8 Å². The van der Waals surface area contributed by atoms with Gasteiger partial charge in [0.05, 0.1) is 11.6 Å². The molecule has 0 atom stereocenters. The van der Waals surface area contributed by atoms with Crippen molar-refractivity contribution < 1.29 is 22.8 Å². The predicted molar refractivity (Wildman–Crippen MR) is 105 cm³/mol. The highest BCUT2D eigenvalue weighted by atomic mass is 32.2. The van der Waals surface area contributed by atoms with Crippen LogP contribution in [0.2, 0.25) is 0 Å². The van der Waals surface area contributed by atoms with Gasteiger partial charge < -0.3 is 0 Å². The van der Waals surface area contributed by atoms with E-state index < -0.39 is 27.9 Å². The molecule has 2 aliphatic rings. The predicted octanol–water partition coefficient (Wildman–Crippen LogP) is 0.686. The second kappa shape index (κ2) is 7.85. The summed E-state index contributed by atoms with van der Waals surface area (Å²) in [6, 6.07) is 3.09. The van der Waals surface area contributed by atoms with E-state index in [4.69, 9.17) is 0 Å². The normalized spacial score (nSPS) is 19.5. The van der Waals surface area contributed by atoms with Gasteiger partial charge in [-0.1, -0.05) is 17.7 Å². The second-order valence-electron chi connectivity index (χ2n) is 7.46. The molecule has 10 heteroatoms. The molecule has 0 aromatic heterocycles. The molecular formula is C19H26N4O5S. The Kier molecular flexibility index (Phi) is 5.79. The fraction of sp³-hybridized carbons (Fsp3) is 0.526. The van der Waals surface area contributed by atoms with Crippen LogP contribution in [-0.4, -0.2) is 84.7 Å². The van der Waals surface area contributed by atoms with Crippen LogP contribution in [0.3, 0.4) is 0 Å². The van der Waals surface area contributed by atoms with Crippen LogP contribution in [-0.2, 0) is 19.6 Å². The molecule has 4 amide bonds. The topological polar surface area (TPSA) is 98.3 Å². The molecule has 1 aromatic carbocycles. The lowest BCUT2D eigenvalue weighted by atomic mass is 10.1. The number of aryl methyl sites for hydroxylation is 3. The van der Waals surface area contributed by atoms with Crippen LogP contribution in [0.1, 0.15) is 23.6 Å². The van der Waals surface area contributed by atoms with Crippen LogP contribution in [0.25, 0.3) is 0 Å². The molecule has 0 radical (unpaired) electrons. The van der Waals surface area contributed by atoms with Crippen LogP contribution in [0.5, 0.6) is 0 Å². The van der Waals surface area contributed by atoms with Crippen LogP contribution in [0.4, 0.5) is 4.79 Å². The van der Waals surface area contributed by atoms with Crippen molar-refractivity contribution >= 4 is 27.9 Å². The van der Waals surface area contributed by atoms with Gasteiger partial charge in [0.2, 0.25) is 10.0 Å². The van der Waals surface area contributed by atoms with Crippen molar-refractivity contribution in [3.05, 3.63) is 28.8 Å². The van der Waals surface area contributed by atoms with Gasteiger partial charge in [-0.2, -0.15) is 4.31 Å². The van der Waals surface area contributed by atoms with Gasteiger partial charge in [-0.3, -0.25) is 19.4 Å². The molecule has 3 rings (SSSR count). The summed E-state index contributed by atoms with van der Waals surface area (Å²) in [6.07, 6.45) is 0. The first-order valence-corrected chi connectivity index (χ1v) is 11.0. The number of nitrogens with zero attached hydrogens (tertiary/aromatic N) is 4. The van der Waals surface area contributed by atoms with Gasteiger partial charge in [0.15, 0.2) is 0 Å². The van der Waals surface area contributed by atoms with E-state index in [2.05, 4.69) is 0 Å². The van der Waals surface area contributed by atoms with Crippen LogP contribution < -0.4 is 0 Å². The minimum absolute atomic E-state index is 0.0175. The van der Waals surface area contributed by atoms with E-state index >= 15 is 0 Å². The van der Waals surface area contributed by atoms with Gasteiger partial charge in [0.25, 0.3) is 0 Å². The molecule has 0 unspecified atom stereocenters. The zero-order chi connectivity index (χ0) is 21.5. The van der Waals surface area contributed by atoms with Crippen molar-refractivity contribution in [3.63, 3.8) is 0 Å². The Morgan fingerprint density at radius 2 is 1.38 bits per heavy atom. The molecule has 2 heterocycles. The number of urea groups is 1. The number of sulfonamides is 1. The van der Waals surface area contributed by atoms with Crippen LogP contribution in [0, 0.1) is 20.8 Å². The van der Waals surface area contributed by atoms with Gasteiger partial charge in [0, 0.05) is 32.7 Å². The van der Waals surface area contributed by atoms with E-state index in [1.807, 2.05) is 24.0 Å². The molecule has 2 saturated heterocycles. The number of benzene rings is 1. The Balaban J connectivity index is 1.69. The third-order valence-electron chi connectivity index (χ3n) is 5.33. The summed E-state index contributed by atoms with van der Waals surface area (Å²) in [4.78, 5) is 40.1. The monoisotopic (exact) mass is 422 g/mol. The molecule has 0 saturated carbocycles. The SMILES string of the molecule is CCN1C(=O)C(=O)N(CN2CCN(S(=O)(=O)c3c(C)cc(C)cc3C)CC2)C1=O. The molecule has 0 bridgehead atoms. The van der Waals surface area contributed by atoms with Crippen molar-refractivity contribution in [3.8, 4) is 0 Å². The highest BCUT2D eigenvalue weighted by Gasteiger charge is 2.44. The summed E-state index contributed by atoms with van der Waals surface area (Å²) in [5, 5.41) is 0. The summed E-state index contributed by atoms with van der Waals surface area (Å²) in [5.41, 5.74) is 2.45. The largest absolute Gasteiger partial charge is 0.335 e. The van der Waals surface area contributed by atoms with E-state index in [0.717, 1.165) is 26.5 Å². The Morgan fingerprint density at radius 3 is 1.86 bits per heavy atom. The third kappa shape index (κ3) is 3.79. The average Bonchev–Trinajstić information content (AvgIpc) is 2.84. The van der Waals surface area contributed by atoms with Gasteiger partial charge in [-0.05, 0) is 38.8 Å². The first-order valence-electron chi connectivity index (χ1n) is 9.55. The Bertz CT molecular complexity index is 944. The second-order valence-corrected chi connectivity index (χ2v) is 9.33. The molecule has 9 nitrogen and oxygen atoms in total. The molecule has 2 aliphatic heterocycles. The number of hydrogen-bond donors (Lipinski definition) is 0. The van der Waals surface area contributed by atoms with Crippen molar-refractivity contribution in [2.45, 2.75) is 32.6 Å². The Labute approximate surface area is 170 Å². The van der Waals surface area contributed by atoms with Crippen molar-refractivity contribution in [2.24, 2.45) is 0 Å². The number of amides is 4. The van der Waals surface area contributed by atoms with Gasteiger partial charge in [-0.25, -0.2) is 18.1 Å². The maximum atomic E-state index is 13.2. The number of rotatable bonds is 5. The summed E-state index contributed by atoms with van der Waals surface area (Å²) < 4.78 is 27.8. The maximum absolute atomic E-state index is 13.2. The quantitative estimate of drug-likeness (QED) is 0.511. The molecule has 1 aromatic rings. The van der Waals surface area contributed by atoms with Gasteiger partial charge in [0.1, 0.15) is 0 Å². The minimum Gasteiger partial charge on any atom is -0.283 e. The van der Waals surface area contributed by atoms with E-state index in [1.165, 1.54) is 4.31 Å². The smallest absolute Gasteiger partial charge is 0.283 e. The number of hydrogen-bond acceptors (Lipinski definition) is 6. The number of likely N-dealkylation sites (N-methyl/N-ethyl adjacent to an activating group) is 1. The average molecular weight is 423 g/mol. The lowest BCUT2D eigenvalue weighted by Crippen LogP contribution is -2.52. The maximum Gasteiger partial charge on any atom is 0.335 e. The van der Waals surface area contributed by atoms with Gasteiger partial charge in [-0.15, -0.1) is 0 Å². The van der Waals surface area contributed by atoms with E-state index in [9.17, 15) is 22.8 Å². The molecule has 0 N–H and O–H groups in total. The van der Waals surface area contributed by atoms with Crippen molar-refractivity contribution in [1.29, 1.82) is 0 Å². The molecule has 2 fully saturated rings. The fourth-order valence-corrected chi connectivity index (χ4v) is 5.80. The highest BCUT2D eigenvalue weighted by molar-refractivity contribution is 7.89. The molecule has 0 spiro atoms. The zero-order valence-corrected chi connectivity index (χ0v) is 18.0. The van der Waals surface area contributed by atoms with Crippen molar-refractivity contribution in [1.82, 2.24) is 19.0 Å². The van der Waals surface area contributed by atoms with Crippen LogP contribution >= 0.6 is 0 Å². The zero-order valence-electron chi connectivity index (χ0n) is 17.1. The first-order chi connectivity index (χ1) is 13.6. The lowest BCUT2D eigenvalue weighted by Gasteiger charge is -2.35. The first kappa shape index (κ1) is 21.4.